The molecule has 0 spiro atoms. The summed E-state index contributed by atoms with van der Waals surface area (Å²) >= 11 is 2.09. The van der Waals surface area contributed by atoms with E-state index in [-0.39, 0.29) is 0 Å². The third-order valence-electron chi connectivity index (χ3n) is 4.01. The van der Waals surface area contributed by atoms with Crippen LogP contribution in [-0.2, 0) is 4.74 Å². The quantitative estimate of drug-likeness (QED) is 0.782. The lowest BCUT2D eigenvalue weighted by Crippen LogP contribution is -2.45. The predicted molar refractivity (Wildman–Crippen MR) is 74.8 cm³/mol. The van der Waals surface area contributed by atoms with E-state index >= 15 is 0 Å². The van der Waals surface area contributed by atoms with E-state index in [1.165, 1.54) is 30.8 Å². The molecule has 4 heteroatoms. The second-order valence-corrected chi connectivity index (χ2v) is 6.48. The molecule has 0 aromatic rings. The molecular formula is C13H26N2OS. The first kappa shape index (κ1) is 13.7. The Labute approximate surface area is 110 Å². The third-order valence-corrected chi connectivity index (χ3v) is 5.16. The maximum atomic E-state index is 5.62. The fourth-order valence-electron chi connectivity index (χ4n) is 2.61. The van der Waals surface area contributed by atoms with Gasteiger partial charge in [-0.3, -0.25) is 4.90 Å². The van der Waals surface area contributed by atoms with Gasteiger partial charge in [-0.1, -0.05) is 0 Å². The SMILES string of the molecule is CC(CNCC1CCCO1)N(C)C1CCSC1. The number of thioether (sulfide) groups is 1. The average Bonchev–Trinajstić information content (AvgIpc) is 3.00. The molecule has 0 aliphatic carbocycles. The van der Waals surface area contributed by atoms with Gasteiger partial charge in [-0.25, -0.2) is 0 Å². The van der Waals surface area contributed by atoms with Gasteiger partial charge in [0.1, 0.15) is 0 Å². The van der Waals surface area contributed by atoms with E-state index in [0.29, 0.717) is 12.1 Å². The highest BCUT2D eigenvalue weighted by Gasteiger charge is 2.23. The van der Waals surface area contributed by atoms with Gasteiger partial charge in [0.05, 0.1) is 6.10 Å². The van der Waals surface area contributed by atoms with Crippen molar-refractivity contribution in [2.75, 3.05) is 38.2 Å². The summed E-state index contributed by atoms with van der Waals surface area (Å²) in [6, 6.07) is 1.42. The Hall–Kier alpha value is 0.230. The van der Waals surface area contributed by atoms with Gasteiger partial charge in [0.2, 0.25) is 0 Å². The van der Waals surface area contributed by atoms with Gasteiger partial charge in [-0.05, 0) is 39.0 Å². The molecule has 1 N–H and O–H groups in total. The second-order valence-electron chi connectivity index (χ2n) is 5.33. The van der Waals surface area contributed by atoms with Gasteiger partial charge < -0.3 is 10.1 Å². The van der Waals surface area contributed by atoms with E-state index in [1.54, 1.807) is 0 Å². The van der Waals surface area contributed by atoms with Crippen LogP contribution >= 0.6 is 11.8 Å². The molecule has 3 unspecified atom stereocenters. The predicted octanol–water partition coefficient (Wildman–Crippen LogP) is 1.58. The molecule has 2 fully saturated rings. The summed E-state index contributed by atoms with van der Waals surface area (Å²) in [5.41, 5.74) is 0. The molecule has 2 saturated heterocycles. The van der Waals surface area contributed by atoms with E-state index in [0.717, 1.165) is 25.7 Å². The Morgan fingerprint density at radius 3 is 3.00 bits per heavy atom. The normalized spacial score (nSPS) is 31.2. The topological polar surface area (TPSA) is 24.5 Å². The zero-order chi connectivity index (χ0) is 12.1. The van der Waals surface area contributed by atoms with Crippen molar-refractivity contribution in [3.63, 3.8) is 0 Å². The van der Waals surface area contributed by atoms with Crippen LogP contribution in [0.5, 0.6) is 0 Å². The molecule has 0 radical (unpaired) electrons. The maximum Gasteiger partial charge on any atom is 0.0700 e. The molecule has 0 saturated carbocycles. The summed E-state index contributed by atoms with van der Waals surface area (Å²) in [6.07, 6.45) is 4.30. The van der Waals surface area contributed by atoms with Crippen LogP contribution in [0.2, 0.25) is 0 Å². The Morgan fingerprint density at radius 1 is 1.47 bits per heavy atom. The van der Waals surface area contributed by atoms with Crippen molar-refractivity contribution >= 4 is 11.8 Å². The van der Waals surface area contributed by atoms with E-state index in [9.17, 15) is 0 Å². The molecule has 0 aromatic carbocycles. The molecule has 0 bridgehead atoms. The van der Waals surface area contributed by atoms with Crippen molar-refractivity contribution in [3.8, 4) is 0 Å². The van der Waals surface area contributed by atoms with E-state index < -0.39 is 0 Å². The fraction of sp³-hybridized carbons (Fsp3) is 1.00. The molecule has 2 aliphatic rings. The average molecular weight is 258 g/mol. The van der Waals surface area contributed by atoms with Crippen LogP contribution in [0.25, 0.3) is 0 Å². The van der Waals surface area contributed by atoms with Crippen LogP contribution in [0.4, 0.5) is 0 Å². The zero-order valence-corrected chi connectivity index (χ0v) is 12.0. The summed E-state index contributed by atoms with van der Waals surface area (Å²) in [4.78, 5) is 2.54. The van der Waals surface area contributed by atoms with E-state index in [1.807, 2.05) is 0 Å². The number of nitrogens with zero attached hydrogens (tertiary/aromatic N) is 1. The highest BCUT2D eigenvalue weighted by molar-refractivity contribution is 7.99. The minimum atomic E-state index is 0.467. The lowest BCUT2D eigenvalue weighted by Gasteiger charge is -2.30. The van der Waals surface area contributed by atoms with Crippen LogP contribution in [0.1, 0.15) is 26.2 Å². The van der Waals surface area contributed by atoms with Gasteiger partial charge in [-0.15, -0.1) is 0 Å². The van der Waals surface area contributed by atoms with Crippen molar-refractivity contribution in [3.05, 3.63) is 0 Å². The van der Waals surface area contributed by atoms with Gasteiger partial charge >= 0.3 is 0 Å². The lowest BCUT2D eigenvalue weighted by molar-refractivity contribution is 0.107. The van der Waals surface area contributed by atoms with Gasteiger partial charge in [0.25, 0.3) is 0 Å². The van der Waals surface area contributed by atoms with Crippen molar-refractivity contribution in [1.29, 1.82) is 0 Å². The molecular weight excluding hydrogens is 232 g/mol. The Morgan fingerprint density at radius 2 is 2.35 bits per heavy atom. The standard InChI is InChI=1S/C13H26N2OS/c1-11(15(2)12-5-7-17-10-12)8-14-9-13-4-3-6-16-13/h11-14H,3-10H2,1-2H3. The fourth-order valence-corrected chi connectivity index (χ4v) is 3.88. The van der Waals surface area contributed by atoms with Crippen LogP contribution in [0, 0.1) is 0 Å². The number of hydrogen-bond acceptors (Lipinski definition) is 4. The van der Waals surface area contributed by atoms with Crippen LogP contribution < -0.4 is 5.32 Å². The highest BCUT2D eigenvalue weighted by Crippen LogP contribution is 2.22. The number of ether oxygens (including phenoxy) is 1. The van der Waals surface area contributed by atoms with Gasteiger partial charge in [-0.2, -0.15) is 11.8 Å². The molecule has 17 heavy (non-hydrogen) atoms. The first-order chi connectivity index (χ1) is 8.27. The van der Waals surface area contributed by atoms with Gasteiger partial charge in [0.15, 0.2) is 0 Å². The Balaban J connectivity index is 1.60. The van der Waals surface area contributed by atoms with Crippen molar-refractivity contribution in [2.45, 2.75) is 44.4 Å². The lowest BCUT2D eigenvalue weighted by atomic mass is 10.2. The van der Waals surface area contributed by atoms with Crippen LogP contribution in [-0.4, -0.2) is 61.3 Å². The number of nitrogens with one attached hydrogen (secondary N) is 1. The molecule has 3 atom stereocenters. The first-order valence-corrected chi connectivity index (χ1v) is 8.05. The van der Waals surface area contributed by atoms with Crippen molar-refractivity contribution in [2.24, 2.45) is 0 Å². The number of rotatable bonds is 6. The smallest absolute Gasteiger partial charge is 0.0700 e. The first-order valence-electron chi connectivity index (χ1n) is 6.89. The molecule has 3 nitrogen and oxygen atoms in total. The Bertz CT molecular complexity index is 215. The molecule has 2 aliphatic heterocycles. The maximum absolute atomic E-state index is 5.62. The molecule has 0 amide bonds. The molecule has 100 valence electrons. The minimum absolute atomic E-state index is 0.467. The molecule has 2 rings (SSSR count). The summed E-state index contributed by atoms with van der Waals surface area (Å²) in [5.74, 6) is 2.65. The summed E-state index contributed by atoms with van der Waals surface area (Å²) in [6.45, 7) is 5.39. The van der Waals surface area contributed by atoms with Crippen LogP contribution in [0.3, 0.4) is 0 Å². The Kier molecular flexibility index (Phi) is 5.60. The highest BCUT2D eigenvalue weighted by atomic mass is 32.2. The minimum Gasteiger partial charge on any atom is -0.377 e. The number of hydrogen-bond donors (Lipinski definition) is 1. The molecule has 0 aromatic heterocycles. The molecule has 2 heterocycles. The summed E-state index contributed by atoms with van der Waals surface area (Å²) in [7, 11) is 2.27. The van der Waals surface area contributed by atoms with Crippen molar-refractivity contribution < 1.29 is 4.74 Å². The third kappa shape index (κ3) is 4.12. The van der Waals surface area contributed by atoms with Crippen molar-refractivity contribution in [1.82, 2.24) is 10.2 Å². The summed E-state index contributed by atoms with van der Waals surface area (Å²) < 4.78 is 5.62. The largest absolute Gasteiger partial charge is 0.377 e. The number of likely N-dealkylation sites (N-methyl/N-ethyl adjacent to an activating group) is 1. The van der Waals surface area contributed by atoms with E-state index in [2.05, 4.69) is 35.9 Å². The zero-order valence-electron chi connectivity index (χ0n) is 11.2. The second kappa shape index (κ2) is 6.98. The van der Waals surface area contributed by atoms with E-state index in [4.69, 9.17) is 4.74 Å². The van der Waals surface area contributed by atoms with Gasteiger partial charge in [0, 0.05) is 37.5 Å². The summed E-state index contributed by atoms with van der Waals surface area (Å²) in [5, 5.41) is 3.56. The van der Waals surface area contributed by atoms with Crippen LogP contribution in [0.15, 0.2) is 0 Å². The monoisotopic (exact) mass is 258 g/mol.